The first-order valence-corrected chi connectivity index (χ1v) is 6.34. The maximum absolute atomic E-state index is 12.6. The summed E-state index contributed by atoms with van der Waals surface area (Å²) in [6.07, 6.45) is -2.84. The van der Waals surface area contributed by atoms with Gasteiger partial charge in [-0.2, -0.15) is 13.2 Å². The fraction of sp³-hybridized carbons (Fsp3) is 0.357. The molecule has 6 heteroatoms. The number of hydrogen-bond acceptors (Lipinski definition) is 3. The highest BCUT2D eigenvalue weighted by molar-refractivity contribution is 6.00. The number of nitrogens with one attached hydrogen (secondary N) is 1. The number of nitrogen functional groups attached to an aromatic ring is 1. The minimum absolute atomic E-state index is 0.152. The Balaban J connectivity index is 2.27. The standard InChI is InChI=1S/C14H15F3N2O/c15-14(16,17)13(20)11-3-1-2-4-12(11)19-10-7-5-9(18)6-8-10/h5-8,19H,1-4,18H2. The van der Waals surface area contributed by atoms with E-state index in [2.05, 4.69) is 5.32 Å². The molecule has 0 saturated carbocycles. The van der Waals surface area contributed by atoms with Crippen molar-refractivity contribution in [1.82, 2.24) is 0 Å². The summed E-state index contributed by atoms with van der Waals surface area (Å²) in [5.41, 5.74) is 6.96. The number of rotatable bonds is 3. The molecule has 0 heterocycles. The van der Waals surface area contributed by atoms with Gasteiger partial charge in [-0.25, -0.2) is 0 Å². The Labute approximate surface area is 114 Å². The predicted molar refractivity (Wildman–Crippen MR) is 71.0 cm³/mol. The van der Waals surface area contributed by atoms with Crippen LogP contribution in [-0.4, -0.2) is 12.0 Å². The third-order valence-corrected chi connectivity index (χ3v) is 3.21. The van der Waals surface area contributed by atoms with Crippen molar-refractivity contribution in [2.45, 2.75) is 31.9 Å². The van der Waals surface area contributed by atoms with Gasteiger partial charge in [-0.05, 0) is 49.9 Å². The smallest absolute Gasteiger partial charge is 0.399 e. The van der Waals surface area contributed by atoms with Crippen molar-refractivity contribution in [3.63, 3.8) is 0 Å². The first-order valence-electron chi connectivity index (χ1n) is 6.34. The molecule has 1 aromatic carbocycles. The molecule has 0 saturated heterocycles. The fourth-order valence-corrected chi connectivity index (χ4v) is 2.21. The van der Waals surface area contributed by atoms with Gasteiger partial charge in [0.25, 0.3) is 5.78 Å². The lowest BCUT2D eigenvalue weighted by Crippen LogP contribution is -2.28. The van der Waals surface area contributed by atoms with E-state index < -0.39 is 12.0 Å². The van der Waals surface area contributed by atoms with Crippen molar-refractivity contribution in [3.05, 3.63) is 35.5 Å². The Hall–Kier alpha value is -1.98. The van der Waals surface area contributed by atoms with Gasteiger partial charge in [-0.3, -0.25) is 4.79 Å². The Morgan fingerprint density at radius 1 is 1.10 bits per heavy atom. The van der Waals surface area contributed by atoms with Crippen LogP contribution in [0.2, 0.25) is 0 Å². The molecule has 20 heavy (non-hydrogen) atoms. The van der Waals surface area contributed by atoms with Crippen molar-refractivity contribution in [2.75, 3.05) is 11.1 Å². The average molecular weight is 284 g/mol. The lowest BCUT2D eigenvalue weighted by atomic mass is 9.93. The number of carbonyl (C=O) groups excluding carboxylic acids is 1. The Kier molecular flexibility index (Phi) is 4.01. The van der Waals surface area contributed by atoms with Crippen LogP contribution in [-0.2, 0) is 4.79 Å². The number of hydrogen-bond donors (Lipinski definition) is 2. The maximum Gasteiger partial charge on any atom is 0.454 e. The van der Waals surface area contributed by atoms with E-state index in [1.807, 2.05) is 0 Å². The summed E-state index contributed by atoms with van der Waals surface area (Å²) in [6.45, 7) is 0. The second kappa shape index (κ2) is 5.56. The van der Waals surface area contributed by atoms with E-state index in [-0.39, 0.29) is 12.0 Å². The molecule has 0 atom stereocenters. The van der Waals surface area contributed by atoms with E-state index in [1.54, 1.807) is 24.3 Å². The second-order valence-electron chi connectivity index (χ2n) is 4.74. The van der Waals surface area contributed by atoms with Gasteiger partial charge in [0.1, 0.15) is 0 Å². The molecule has 108 valence electrons. The van der Waals surface area contributed by atoms with Gasteiger partial charge in [0.05, 0.1) is 0 Å². The fourth-order valence-electron chi connectivity index (χ4n) is 2.21. The summed E-state index contributed by atoms with van der Waals surface area (Å²) in [6, 6.07) is 6.65. The van der Waals surface area contributed by atoms with E-state index in [9.17, 15) is 18.0 Å². The number of ketones is 1. The third kappa shape index (κ3) is 3.31. The highest BCUT2D eigenvalue weighted by atomic mass is 19.4. The molecule has 1 aromatic rings. The van der Waals surface area contributed by atoms with Crippen LogP contribution in [0.4, 0.5) is 24.5 Å². The Morgan fingerprint density at radius 2 is 1.70 bits per heavy atom. The molecule has 0 bridgehead atoms. The predicted octanol–water partition coefficient (Wildman–Crippen LogP) is 3.64. The van der Waals surface area contributed by atoms with Crippen LogP contribution in [0.15, 0.2) is 35.5 Å². The zero-order chi connectivity index (χ0) is 14.8. The van der Waals surface area contributed by atoms with E-state index in [1.165, 1.54) is 0 Å². The normalized spacial score (nSPS) is 16.1. The van der Waals surface area contributed by atoms with Crippen LogP contribution in [0.1, 0.15) is 25.7 Å². The summed E-state index contributed by atoms with van der Waals surface area (Å²) >= 11 is 0. The second-order valence-corrected chi connectivity index (χ2v) is 4.74. The van der Waals surface area contributed by atoms with Gasteiger partial charge in [0.15, 0.2) is 0 Å². The number of allylic oxidation sites excluding steroid dienone is 2. The topological polar surface area (TPSA) is 55.1 Å². The van der Waals surface area contributed by atoms with Crippen LogP contribution in [0.25, 0.3) is 0 Å². The molecule has 0 spiro atoms. The van der Waals surface area contributed by atoms with Crippen molar-refractivity contribution in [1.29, 1.82) is 0 Å². The molecule has 2 rings (SSSR count). The lowest BCUT2D eigenvalue weighted by Gasteiger charge is -2.21. The summed E-state index contributed by atoms with van der Waals surface area (Å²) in [7, 11) is 0. The van der Waals surface area contributed by atoms with Gasteiger partial charge in [-0.1, -0.05) is 0 Å². The largest absolute Gasteiger partial charge is 0.454 e. The van der Waals surface area contributed by atoms with Gasteiger partial charge >= 0.3 is 6.18 Å². The first-order chi connectivity index (χ1) is 9.38. The third-order valence-electron chi connectivity index (χ3n) is 3.21. The summed E-state index contributed by atoms with van der Waals surface area (Å²) in [5, 5.41) is 2.91. The van der Waals surface area contributed by atoms with Crippen LogP contribution >= 0.6 is 0 Å². The van der Waals surface area contributed by atoms with Crippen LogP contribution in [0.3, 0.4) is 0 Å². The minimum Gasteiger partial charge on any atom is -0.399 e. The molecule has 0 radical (unpaired) electrons. The lowest BCUT2D eigenvalue weighted by molar-refractivity contribution is -0.166. The summed E-state index contributed by atoms with van der Waals surface area (Å²) in [4.78, 5) is 11.4. The molecular weight excluding hydrogens is 269 g/mol. The van der Waals surface area contributed by atoms with E-state index in [0.29, 0.717) is 29.9 Å². The molecule has 0 aromatic heterocycles. The average Bonchev–Trinajstić information content (AvgIpc) is 2.40. The summed E-state index contributed by atoms with van der Waals surface area (Å²) in [5.74, 6) is -1.74. The molecule has 0 fully saturated rings. The zero-order valence-electron chi connectivity index (χ0n) is 10.8. The molecule has 1 aliphatic carbocycles. The molecule has 0 aliphatic heterocycles. The van der Waals surface area contributed by atoms with E-state index >= 15 is 0 Å². The number of Topliss-reactive ketones (excluding diaryl/α,β-unsaturated/α-hetero) is 1. The van der Waals surface area contributed by atoms with Gasteiger partial charge in [-0.15, -0.1) is 0 Å². The van der Waals surface area contributed by atoms with Gasteiger partial charge in [0, 0.05) is 22.6 Å². The number of carbonyl (C=O) groups is 1. The van der Waals surface area contributed by atoms with Crippen molar-refractivity contribution < 1.29 is 18.0 Å². The molecule has 1 aliphatic rings. The molecule has 0 unspecified atom stereocenters. The van der Waals surface area contributed by atoms with Crippen LogP contribution in [0, 0.1) is 0 Å². The molecule has 3 nitrogen and oxygen atoms in total. The molecule has 0 amide bonds. The van der Waals surface area contributed by atoms with Crippen molar-refractivity contribution >= 4 is 17.2 Å². The SMILES string of the molecule is Nc1ccc(NC2=C(C(=O)C(F)(F)F)CCCC2)cc1. The monoisotopic (exact) mass is 284 g/mol. The number of halogens is 3. The van der Waals surface area contributed by atoms with Gasteiger partial charge < -0.3 is 11.1 Å². The number of alkyl halides is 3. The first kappa shape index (κ1) is 14.4. The van der Waals surface area contributed by atoms with E-state index in [4.69, 9.17) is 5.73 Å². The summed E-state index contributed by atoms with van der Waals surface area (Å²) < 4.78 is 37.7. The van der Waals surface area contributed by atoms with Crippen LogP contribution < -0.4 is 11.1 Å². The van der Waals surface area contributed by atoms with Crippen molar-refractivity contribution in [3.8, 4) is 0 Å². The van der Waals surface area contributed by atoms with Gasteiger partial charge in [0.2, 0.25) is 0 Å². The Bertz CT molecular complexity index is 532. The number of nitrogens with two attached hydrogens (primary N) is 1. The quantitative estimate of drug-likeness (QED) is 0.833. The minimum atomic E-state index is -4.82. The van der Waals surface area contributed by atoms with Crippen LogP contribution in [0.5, 0.6) is 0 Å². The van der Waals surface area contributed by atoms with E-state index in [0.717, 1.165) is 6.42 Å². The van der Waals surface area contributed by atoms with Crippen molar-refractivity contribution in [2.24, 2.45) is 0 Å². The highest BCUT2D eigenvalue weighted by Crippen LogP contribution is 2.31. The molecular formula is C14H15F3N2O. The molecule has 3 N–H and O–H groups in total. The zero-order valence-corrected chi connectivity index (χ0v) is 10.8. The number of anilines is 2. The highest BCUT2D eigenvalue weighted by Gasteiger charge is 2.41. The number of benzene rings is 1. The Morgan fingerprint density at radius 3 is 2.30 bits per heavy atom. The maximum atomic E-state index is 12.6.